The number of carbonyl (C=O) groups excluding carboxylic acids is 1. The maximum atomic E-state index is 11.4. The largest absolute Gasteiger partial charge is 0.549 e. The molecular weight excluding hydrogens is 224 g/mol. The van der Waals surface area contributed by atoms with Crippen molar-refractivity contribution in [2.45, 2.75) is 38.9 Å². The third-order valence-electron chi connectivity index (χ3n) is 3.23. The van der Waals surface area contributed by atoms with Crippen LogP contribution >= 0.6 is 11.8 Å². The maximum Gasteiger partial charge on any atom is 0.249 e. The molecule has 1 aliphatic rings. The molecule has 0 aromatic heterocycles. The van der Waals surface area contributed by atoms with E-state index in [1.165, 1.54) is 0 Å². The van der Waals surface area contributed by atoms with Crippen molar-refractivity contribution in [3.63, 3.8) is 0 Å². The van der Waals surface area contributed by atoms with Crippen molar-refractivity contribution in [1.82, 2.24) is 0 Å². The van der Waals surface area contributed by atoms with Crippen LogP contribution in [0, 0.1) is 0 Å². The van der Waals surface area contributed by atoms with Crippen LogP contribution in [0.3, 0.4) is 0 Å². The zero-order valence-corrected chi connectivity index (χ0v) is 11.7. The van der Waals surface area contributed by atoms with Crippen LogP contribution in [0.1, 0.15) is 20.8 Å². The van der Waals surface area contributed by atoms with Crippen molar-refractivity contribution in [2.75, 3.05) is 11.5 Å². The van der Waals surface area contributed by atoms with Crippen LogP contribution in [0.5, 0.6) is 0 Å². The molecule has 0 atom stereocenters. The molecule has 0 aliphatic carbocycles. The van der Waals surface area contributed by atoms with Gasteiger partial charge in [0.15, 0.2) is 5.78 Å². The first-order valence-electron chi connectivity index (χ1n) is 5.65. The van der Waals surface area contributed by atoms with E-state index in [0.717, 1.165) is 29.5 Å². The summed E-state index contributed by atoms with van der Waals surface area (Å²) < 4.78 is 5.97. The molecule has 0 saturated carbocycles. The highest BCUT2D eigenvalue weighted by molar-refractivity contribution is 8.00. The van der Waals surface area contributed by atoms with Gasteiger partial charge in [-0.05, 0) is 18.1 Å². The van der Waals surface area contributed by atoms with E-state index in [-0.39, 0.29) is 5.78 Å². The van der Waals surface area contributed by atoms with Crippen LogP contribution < -0.4 is 0 Å². The van der Waals surface area contributed by atoms with E-state index in [1.807, 2.05) is 0 Å². The molecular formula is C11H20O2SSi. The quantitative estimate of drug-likeness (QED) is 0.422. The molecule has 1 fully saturated rings. The molecule has 1 rings (SSSR count). The van der Waals surface area contributed by atoms with Gasteiger partial charge in [-0.3, -0.25) is 4.79 Å². The Kier molecular flexibility index (Phi) is 4.92. The molecule has 1 heterocycles. The molecule has 0 aromatic carbocycles. The fraction of sp³-hybridized carbons (Fsp3) is 0.727. The lowest BCUT2D eigenvalue weighted by atomic mass is 10.2. The van der Waals surface area contributed by atoms with Gasteiger partial charge in [-0.25, -0.2) is 0 Å². The van der Waals surface area contributed by atoms with Crippen molar-refractivity contribution in [3.8, 4) is 0 Å². The number of Topliss-reactive ketones (excluding diaryl/α,β-unsaturated/α-hetero) is 1. The lowest BCUT2D eigenvalue weighted by Crippen LogP contribution is -2.33. The van der Waals surface area contributed by atoms with Crippen LogP contribution in [0.15, 0.2) is 11.8 Å². The third-order valence-corrected chi connectivity index (χ3v) is 8.70. The second-order valence-electron chi connectivity index (χ2n) is 3.92. The lowest BCUT2D eigenvalue weighted by molar-refractivity contribution is -0.112. The van der Waals surface area contributed by atoms with Gasteiger partial charge < -0.3 is 4.43 Å². The number of ketones is 1. The zero-order chi connectivity index (χ0) is 11.3. The molecule has 86 valence electrons. The van der Waals surface area contributed by atoms with Crippen LogP contribution in [0.2, 0.25) is 18.1 Å². The molecule has 15 heavy (non-hydrogen) atoms. The first kappa shape index (κ1) is 12.8. The fourth-order valence-electron chi connectivity index (χ4n) is 1.72. The molecule has 0 N–H and O–H groups in total. The van der Waals surface area contributed by atoms with Crippen molar-refractivity contribution in [1.29, 1.82) is 0 Å². The van der Waals surface area contributed by atoms with Gasteiger partial charge in [-0.15, -0.1) is 11.8 Å². The Morgan fingerprint density at radius 1 is 1.27 bits per heavy atom. The molecule has 0 bridgehead atoms. The number of hydrogen-bond donors (Lipinski definition) is 0. The van der Waals surface area contributed by atoms with Gasteiger partial charge >= 0.3 is 0 Å². The van der Waals surface area contributed by atoms with E-state index in [9.17, 15) is 4.79 Å². The third kappa shape index (κ3) is 3.11. The first-order valence-corrected chi connectivity index (χ1v) is 9.33. The van der Waals surface area contributed by atoms with Crippen LogP contribution in [-0.4, -0.2) is 25.6 Å². The predicted molar refractivity (Wildman–Crippen MR) is 68.7 cm³/mol. The van der Waals surface area contributed by atoms with E-state index >= 15 is 0 Å². The summed E-state index contributed by atoms with van der Waals surface area (Å²) in [5.41, 5.74) is 0.882. The number of rotatable bonds is 5. The Morgan fingerprint density at radius 2 is 1.87 bits per heavy atom. The Balaban J connectivity index is 2.63. The summed E-state index contributed by atoms with van der Waals surface area (Å²) in [4.78, 5) is 11.4. The normalized spacial score (nSPS) is 19.9. The van der Waals surface area contributed by atoms with Crippen LogP contribution in [0.25, 0.3) is 0 Å². The minimum Gasteiger partial charge on any atom is -0.549 e. The van der Waals surface area contributed by atoms with Crippen molar-refractivity contribution in [2.24, 2.45) is 0 Å². The SMILES string of the molecule is CC[Si](CC)(CC)O/C=C1/CSCC1=O. The molecule has 0 aromatic rings. The summed E-state index contributed by atoms with van der Waals surface area (Å²) in [6.45, 7) is 6.59. The second kappa shape index (κ2) is 5.75. The number of thioether (sulfide) groups is 1. The minimum atomic E-state index is -1.55. The van der Waals surface area contributed by atoms with E-state index in [0.29, 0.717) is 5.75 Å². The predicted octanol–water partition coefficient (Wildman–Crippen LogP) is 3.21. The van der Waals surface area contributed by atoms with Gasteiger partial charge in [0.2, 0.25) is 8.32 Å². The zero-order valence-electron chi connectivity index (χ0n) is 9.84. The smallest absolute Gasteiger partial charge is 0.249 e. The molecule has 4 heteroatoms. The lowest BCUT2D eigenvalue weighted by Gasteiger charge is -2.26. The minimum absolute atomic E-state index is 0.256. The standard InChI is InChI=1S/C11H20O2SSi/c1-4-15(5-2,6-3)13-7-10-8-14-9-11(10)12/h7H,4-6,8-9H2,1-3H3/b10-7-. The van der Waals surface area contributed by atoms with Gasteiger partial charge in [0, 0.05) is 11.3 Å². The van der Waals surface area contributed by atoms with Crippen LogP contribution in [-0.2, 0) is 9.22 Å². The van der Waals surface area contributed by atoms with E-state index in [1.54, 1.807) is 18.0 Å². The molecule has 0 amide bonds. The second-order valence-corrected chi connectivity index (χ2v) is 9.63. The average molecular weight is 244 g/mol. The summed E-state index contributed by atoms with van der Waals surface area (Å²) in [6, 6.07) is 3.39. The van der Waals surface area contributed by atoms with Gasteiger partial charge in [-0.2, -0.15) is 0 Å². The molecule has 0 unspecified atom stereocenters. The van der Waals surface area contributed by atoms with Crippen molar-refractivity contribution < 1.29 is 9.22 Å². The highest BCUT2D eigenvalue weighted by Crippen LogP contribution is 2.25. The summed E-state index contributed by atoms with van der Waals surface area (Å²) in [6.07, 6.45) is 1.77. The number of hydrogen-bond acceptors (Lipinski definition) is 3. The summed E-state index contributed by atoms with van der Waals surface area (Å²) in [7, 11) is -1.55. The van der Waals surface area contributed by atoms with E-state index in [4.69, 9.17) is 4.43 Å². The highest BCUT2D eigenvalue weighted by atomic mass is 32.2. The highest BCUT2D eigenvalue weighted by Gasteiger charge is 2.30. The molecule has 1 saturated heterocycles. The fourth-order valence-corrected chi connectivity index (χ4v) is 5.04. The topological polar surface area (TPSA) is 26.3 Å². The summed E-state index contributed by atoms with van der Waals surface area (Å²) in [5.74, 6) is 1.72. The molecule has 0 radical (unpaired) electrons. The maximum absolute atomic E-state index is 11.4. The Labute approximate surface area is 97.6 Å². The summed E-state index contributed by atoms with van der Waals surface area (Å²) in [5, 5.41) is 0. The van der Waals surface area contributed by atoms with E-state index < -0.39 is 8.32 Å². The van der Waals surface area contributed by atoms with Crippen molar-refractivity contribution in [3.05, 3.63) is 11.8 Å². The Bertz CT molecular complexity index is 251. The molecule has 2 nitrogen and oxygen atoms in total. The Morgan fingerprint density at radius 3 is 2.27 bits per heavy atom. The Hall–Kier alpha value is -0.223. The van der Waals surface area contributed by atoms with Crippen molar-refractivity contribution >= 4 is 25.9 Å². The van der Waals surface area contributed by atoms with Gasteiger partial charge in [-0.1, -0.05) is 20.8 Å². The van der Waals surface area contributed by atoms with Gasteiger partial charge in [0.1, 0.15) is 0 Å². The first-order chi connectivity index (χ1) is 7.17. The molecule has 0 spiro atoms. The summed E-state index contributed by atoms with van der Waals surface area (Å²) >= 11 is 1.68. The monoisotopic (exact) mass is 244 g/mol. The number of carbonyl (C=O) groups is 1. The van der Waals surface area contributed by atoms with Gasteiger partial charge in [0.05, 0.1) is 12.0 Å². The van der Waals surface area contributed by atoms with Gasteiger partial charge in [0.25, 0.3) is 0 Å². The van der Waals surface area contributed by atoms with E-state index in [2.05, 4.69) is 20.8 Å². The van der Waals surface area contributed by atoms with Crippen LogP contribution in [0.4, 0.5) is 0 Å². The molecule has 1 aliphatic heterocycles. The average Bonchev–Trinajstić information content (AvgIpc) is 2.67.